The number of rotatable bonds is 8. The van der Waals surface area contributed by atoms with Crippen LogP contribution in [0.1, 0.15) is 65.2 Å². The quantitative estimate of drug-likeness (QED) is 0.574. The highest BCUT2D eigenvalue weighted by atomic mass is 16.2. The second-order valence-electron chi connectivity index (χ2n) is 9.06. The van der Waals surface area contributed by atoms with Gasteiger partial charge in [0.1, 0.15) is 0 Å². The lowest BCUT2D eigenvalue weighted by Crippen LogP contribution is -2.53. The predicted molar refractivity (Wildman–Crippen MR) is 99.1 cm³/mol. The largest absolute Gasteiger partial charge is 0.356 e. The molecule has 4 rings (SSSR count). The van der Waals surface area contributed by atoms with E-state index < -0.39 is 0 Å². The summed E-state index contributed by atoms with van der Waals surface area (Å²) in [5.41, 5.74) is -0.119. The molecule has 3 amide bonds. The smallest absolute Gasteiger partial charge is 0.239 e. The van der Waals surface area contributed by atoms with E-state index >= 15 is 0 Å². The molecule has 146 valence electrons. The van der Waals surface area contributed by atoms with Gasteiger partial charge in [0.2, 0.25) is 17.7 Å². The predicted octanol–water partition coefficient (Wildman–Crippen LogP) is 1.74. The molecule has 4 bridgehead atoms. The molecule has 6 nitrogen and oxygen atoms in total. The Hall–Kier alpha value is -1.59. The molecule has 0 unspecified atom stereocenters. The van der Waals surface area contributed by atoms with E-state index in [1.165, 1.54) is 19.3 Å². The summed E-state index contributed by atoms with van der Waals surface area (Å²) in [6.07, 6.45) is 8.12. The van der Waals surface area contributed by atoms with Crippen molar-refractivity contribution in [1.82, 2.24) is 16.0 Å². The normalized spacial score (nSPS) is 31.7. The number of carbonyl (C=O) groups is 3. The summed E-state index contributed by atoms with van der Waals surface area (Å²) in [4.78, 5) is 36.1. The van der Waals surface area contributed by atoms with Crippen molar-refractivity contribution in [1.29, 1.82) is 0 Å². The summed E-state index contributed by atoms with van der Waals surface area (Å²) in [6, 6.07) is 0.0687. The van der Waals surface area contributed by atoms with E-state index in [1.54, 1.807) is 0 Å². The van der Waals surface area contributed by atoms with Crippen LogP contribution in [0.5, 0.6) is 0 Å². The standard InChI is InChI=1S/C20H33N3O3/c1-13(2)23-18(25)12-22-17(24)4-3-5-21-19(26)20-9-14-6-15(10-20)8-16(7-14)11-20/h13-16H,3-12H2,1-2H3,(H,21,26)(H,22,24)(H,23,25). The Labute approximate surface area is 156 Å². The van der Waals surface area contributed by atoms with Crippen LogP contribution >= 0.6 is 0 Å². The van der Waals surface area contributed by atoms with Gasteiger partial charge >= 0.3 is 0 Å². The first-order valence-corrected chi connectivity index (χ1v) is 10.2. The van der Waals surface area contributed by atoms with E-state index in [1.807, 2.05) is 13.8 Å². The zero-order valence-electron chi connectivity index (χ0n) is 16.1. The topological polar surface area (TPSA) is 87.3 Å². The summed E-state index contributed by atoms with van der Waals surface area (Å²) in [5.74, 6) is 2.17. The molecule has 0 atom stereocenters. The van der Waals surface area contributed by atoms with Crippen LogP contribution in [0.15, 0.2) is 0 Å². The monoisotopic (exact) mass is 363 g/mol. The van der Waals surface area contributed by atoms with Crippen molar-refractivity contribution >= 4 is 17.7 Å². The zero-order valence-corrected chi connectivity index (χ0v) is 16.1. The van der Waals surface area contributed by atoms with Gasteiger partial charge in [0.05, 0.1) is 6.54 Å². The van der Waals surface area contributed by atoms with Gasteiger partial charge in [-0.25, -0.2) is 0 Å². The summed E-state index contributed by atoms with van der Waals surface area (Å²) >= 11 is 0. The van der Waals surface area contributed by atoms with Gasteiger partial charge in [-0.3, -0.25) is 14.4 Å². The first-order chi connectivity index (χ1) is 12.4. The number of hydrogen-bond donors (Lipinski definition) is 3. The minimum absolute atomic E-state index is 0.0106. The van der Waals surface area contributed by atoms with Crippen molar-refractivity contribution in [3.8, 4) is 0 Å². The highest BCUT2D eigenvalue weighted by Crippen LogP contribution is 2.60. The highest BCUT2D eigenvalue weighted by molar-refractivity contribution is 5.85. The Balaban J connectivity index is 1.33. The first-order valence-electron chi connectivity index (χ1n) is 10.2. The van der Waals surface area contributed by atoms with E-state index in [-0.39, 0.29) is 35.7 Å². The van der Waals surface area contributed by atoms with E-state index in [4.69, 9.17) is 0 Å². The average Bonchev–Trinajstić information content (AvgIpc) is 2.55. The van der Waals surface area contributed by atoms with E-state index in [0.717, 1.165) is 37.0 Å². The van der Waals surface area contributed by atoms with Gasteiger partial charge in [-0.1, -0.05) is 0 Å². The first kappa shape index (κ1) is 19.2. The van der Waals surface area contributed by atoms with E-state index in [9.17, 15) is 14.4 Å². The third kappa shape index (κ3) is 4.57. The molecule has 3 N–H and O–H groups in total. The Morgan fingerprint density at radius 3 is 2.04 bits per heavy atom. The molecule has 4 aliphatic rings. The molecule has 26 heavy (non-hydrogen) atoms. The van der Waals surface area contributed by atoms with Crippen molar-refractivity contribution in [3.63, 3.8) is 0 Å². The number of carbonyl (C=O) groups excluding carboxylic acids is 3. The maximum absolute atomic E-state index is 12.8. The molecule has 0 saturated heterocycles. The van der Waals surface area contributed by atoms with Crippen LogP contribution in [-0.4, -0.2) is 36.9 Å². The van der Waals surface area contributed by atoms with Crippen molar-refractivity contribution in [2.45, 2.75) is 71.3 Å². The van der Waals surface area contributed by atoms with Gasteiger partial charge in [-0.05, 0) is 76.5 Å². The maximum atomic E-state index is 12.8. The molecule has 0 radical (unpaired) electrons. The van der Waals surface area contributed by atoms with Gasteiger partial charge in [0.15, 0.2) is 0 Å². The summed E-state index contributed by atoms with van der Waals surface area (Å²) in [7, 11) is 0. The molecule has 0 aromatic rings. The van der Waals surface area contributed by atoms with Crippen molar-refractivity contribution in [2.24, 2.45) is 23.2 Å². The van der Waals surface area contributed by atoms with Gasteiger partial charge < -0.3 is 16.0 Å². The third-order valence-electron chi connectivity index (χ3n) is 6.28. The summed E-state index contributed by atoms with van der Waals surface area (Å²) in [5, 5.41) is 8.44. The van der Waals surface area contributed by atoms with Crippen LogP contribution in [0.25, 0.3) is 0 Å². The second kappa shape index (κ2) is 7.97. The number of amides is 3. The highest BCUT2D eigenvalue weighted by Gasteiger charge is 2.54. The molecule has 0 heterocycles. The molecule has 4 fully saturated rings. The lowest BCUT2D eigenvalue weighted by Gasteiger charge is -2.55. The Kier molecular flexibility index (Phi) is 5.88. The van der Waals surface area contributed by atoms with Crippen LogP contribution in [-0.2, 0) is 14.4 Å². The second-order valence-corrected chi connectivity index (χ2v) is 9.06. The van der Waals surface area contributed by atoms with Gasteiger partial charge in [-0.2, -0.15) is 0 Å². The lowest BCUT2D eigenvalue weighted by molar-refractivity contribution is -0.146. The molecule has 0 aromatic heterocycles. The zero-order chi connectivity index (χ0) is 18.7. The van der Waals surface area contributed by atoms with Crippen LogP contribution in [0.2, 0.25) is 0 Å². The van der Waals surface area contributed by atoms with E-state index in [0.29, 0.717) is 19.4 Å². The van der Waals surface area contributed by atoms with Gasteiger partial charge in [0.25, 0.3) is 0 Å². The fourth-order valence-electron chi connectivity index (χ4n) is 5.67. The maximum Gasteiger partial charge on any atom is 0.239 e. The third-order valence-corrected chi connectivity index (χ3v) is 6.28. The lowest BCUT2D eigenvalue weighted by atomic mass is 9.49. The SMILES string of the molecule is CC(C)NC(=O)CNC(=O)CCCNC(=O)C12CC3CC(CC(C3)C1)C2. The molecule has 0 aromatic carbocycles. The van der Waals surface area contributed by atoms with Crippen LogP contribution in [0.3, 0.4) is 0 Å². The van der Waals surface area contributed by atoms with Crippen LogP contribution in [0, 0.1) is 23.2 Å². The number of nitrogens with one attached hydrogen (secondary N) is 3. The fourth-order valence-corrected chi connectivity index (χ4v) is 5.67. The Bertz CT molecular complexity index is 523. The van der Waals surface area contributed by atoms with Crippen LogP contribution in [0.4, 0.5) is 0 Å². The van der Waals surface area contributed by atoms with Gasteiger partial charge in [0, 0.05) is 24.4 Å². The minimum Gasteiger partial charge on any atom is -0.356 e. The molecule has 0 aliphatic heterocycles. The van der Waals surface area contributed by atoms with Crippen molar-refractivity contribution in [2.75, 3.05) is 13.1 Å². The molecule has 6 heteroatoms. The molecular formula is C20H33N3O3. The number of hydrogen-bond acceptors (Lipinski definition) is 3. The van der Waals surface area contributed by atoms with Crippen LogP contribution < -0.4 is 16.0 Å². The van der Waals surface area contributed by atoms with Crippen molar-refractivity contribution in [3.05, 3.63) is 0 Å². The van der Waals surface area contributed by atoms with Gasteiger partial charge in [-0.15, -0.1) is 0 Å². The average molecular weight is 364 g/mol. The Morgan fingerprint density at radius 2 is 1.50 bits per heavy atom. The molecule has 4 saturated carbocycles. The Morgan fingerprint density at radius 1 is 0.923 bits per heavy atom. The molecule has 0 spiro atoms. The fraction of sp³-hybridized carbons (Fsp3) is 0.850. The summed E-state index contributed by atoms with van der Waals surface area (Å²) in [6.45, 7) is 4.31. The van der Waals surface area contributed by atoms with Crippen molar-refractivity contribution < 1.29 is 14.4 Å². The molecular weight excluding hydrogens is 330 g/mol. The molecule has 4 aliphatic carbocycles. The van der Waals surface area contributed by atoms with E-state index in [2.05, 4.69) is 16.0 Å². The summed E-state index contributed by atoms with van der Waals surface area (Å²) < 4.78 is 0. The minimum atomic E-state index is -0.177.